The van der Waals surface area contributed by atoms with E-state index in [4.69, 9.17) is 14.7 Å². The lowest BCUT2D eigenvalue weighted by molar-refractivity contribution is -0.149. The molecule has 1 aromatic heterocycles. The first-order valence-electron chi connectivity index (χ1n) is 12.7. The summed E-state index contributed by atoms with van der Waals surface area (Å²) in [5.41, 5.74) is 2.80. The topological polar surface area (TPSA) is 75.6 Å². The monoisotopic (exact) mass is 498 g/mol. The lowest BCUT2D eigenvalue weighted by Crippen LogP contribution is -2.42. The average molecular weight is 499 g/mol. The third-order valence-electron chi connectivity index (χ3n) is 6.29. The first-order valence-corrected chi connectivity index (χ1v) is 13.7. The Morgan fingerprint density at radius 3 is 2.49 bits per heavy atom. The molecule has 1 unspecified atom stereocenters. The zero-order chi connectivity index (χ0) is 25.4. The minimum Gasteiger partial charge on any atom is -0.466 e. The normalized spacial score (nSPS) is 15.8. The number of anilines is 1. The molecule has 1 aliphatic rings. The fourth-order valence-electron chi connectivity index (χ4n) is 4.19. The SMILES string of the molecule is CCOC(=O)C1CCCN(C(=O)c2ccc(CSc3nc(C(C)C)cc(N(CC)CC)n3)cc2)C1. The molecule has 1 saturated heterocycles. The van der Waals surface area contributed by atoms with Crippen molar-refractivity contribution < 1.29 is 14.3 Å². The molecule has 1 atom stereocenters. The molecule has 1 aromatic carbocycles. The molecule has 8 heteroatoms. The molecule has 2 aromatic rings. The Morgan fingerprint density at radius 2 is 1.86 bits per heavy atom. The number of rotatable bonds is 10. The van der Waals surface area contributed by atoms with Gasteiger partial charge in [-0.15, -0.1) is 0 Å². The summed E-state index contributed by atoms with van der Waals surface area (Å²) in [5, 5.41) is 0.775. The lowest BCUT2D eigenvalue weighted by atomic mass is 9.97. The summed E-state index contributed by atoms with van der Waals surface area (Å²) in [7, 11) is 0. The largest absolute Gasteiger partial charge is 0.466 e. The van der Waals surface area contributed by atoms with Crippen LogP contribution in [0.3, 0.4) is 0 Å². The van der Waals surface area contributed by atoms with Gasteiger partial charge in [0.1, 0.15) is 5.82 Å². The van der Waals surface area contributed by atoms with Gasteiger partial charge in [0, 0.05) is 49.3 Å². The highest BCUT2D eigenvalue weighted by molar-refractivity contribution is 7.98. The van der Waals surface area contributed by atoms with Gasteiger partial charge >= 0.3 is 5.97 Å². The van der Waals surface area contributed by atoms with Gasteiger partial charge in [-0.1, -0.05) is 37.7 Å². The van der Waals surface area contributed by atoms with Crippen LogP contribution in [0.15, 0.2) is 35.5 Å². The maximum atomic E-state index is 13.0. The van der Waals surface area contributed by atoms with Crippen LogP contribution in [0, 0.1) is 5.92 Å². The molecular weight excluding hydrogens is 460 g/mol. The van der Waals surface area contributed by atoms with Crippen molar-refractivity contribution in [3.8, 4) is 0 Å². The van der Waals surface area contributed by atoms with E-state index >= 15 is 0 Å². The van der Waals surface area contributed by atoms with E-state index in [1.54, 1.807) is 23.6 Å². The lowest BCUT2D eigenvalue weighted by Gasteiger charge is -2.31. The fraction of sp³-hybridized carbons (Fsp3) is 0.556. The minimum atomic E-state index is -0.230. The molecular formula is C27H38N4O3S. The van der Waals surface area contributed by atoms with Crippen LogP contribution in [0.2, 0.25) is 0 Å². The molecule has 0 aliphatic carbocycles. The molecule has 1 amide bonds. The predicted octanol–water partition coefficient (Wildman–Crippen LogP) is 5.15. The van der Waals surface area contributed by atoms with Crippen molar-refractivity contribution in [3.05, 3.63) is 47.2 Å². The summed E-state index contributed by atoms with van der Waals surface area (Å²) in [6.45, 7) is 13.6. The van der Waals surface area contributed by atoms with Crippen LogP contribution >= 0.6 is 11.8 Å². The second-order valence-electron chi connectivity index (χ2n) is 9.09. The molecule has 190 valence electrons. The highest BCUT2D eigenvalue weighted by Crippen LogP contribution is 2.26. The van der Waals surface area contributed by atoms with Crippen molar-refractivity contribution in [2.24, 2.45) is 5.92 Å². The number of nitrogens with zero attached hydrogens (tertiary/aromatic N) is 4. The third kappa shape index (κ3) is 7.19. The minimum absolute atomic E-state index is 0.0324. The van der Waals surface area contributed by atoms with Crippen molar-refractivity contribution in [2.75, 3.05) is 37.7 Å². The van der Waals surface area contributed by atoms with Crippen molar-refractivity contribution in [1.82, 2.24) is 14.9 Å². The van der Waals surface area contributed by atoms with Gasteiger partial charge in [-0.3, -0.25) is 9.59 Å². The van der Waals surface area contributed by atoms with E-state index in [-0.39, 0.29) is 17.8 Å². The molecule has 2 heterocycles. The number of carbonyl (C=O) groups is 2. The van der Waals surface area contributed by atoms with Crippen LogP contribution < -0.4 is 4.90 Å². The Morgan fingerprint density at radius 1 is 1.14 bits per heavy atom. The zero-order valence-electron chi connectivity index (χ0n) is 21.6. The van der Waals surface area contributed by atoms with Crippen LogP contribution in [-0.4, -0.2) is 59.5 Å². The highest BCUT2D eigenvalue weighted by atomic mass is 32.2. The van der Waals surface area contributed by atoms with E-state index < -0.39 is 0 Å². The molecule has 35 heavy (non-hydrogen) atoms. The predicted molar refractivity (Wildman–Crippen MR) is 141 cm³/mol. The van der Waals surface area contributed by atoms with Gasteiger partial charge in [0.25, 0.3) is 5.91 Å². The van der Waals surface area contributed by atoms with E-state index in [9.17, 15) is 9.59 Å². The number of hydrogen-bond donors (Lipinski definition) is 0. The van der Waals surface area contributed by atoms with E-state index in [0.29, 0.717) is 31.2 Å². The number of ether oxygens (including phenoxy) is 1. The number of benzene rings is 1. The molecule has 0 spiro atoms. The maximum Gasteiger partial charge on any atom is 0.310 e. The van der Waals surface area contributed by atoms with E-state index in [0.717, 1.165) is 53.9 Å². The fourth-order valence-corrected chi connectivity index (χ4v) is 5.00. The Labute approximate surface area is 213 Å². The van der Waals surface area contributed by atoms with Crippen LogP contribution in [0.4, 0.5) is 5.82 Å². The number of esters is 1. The van der Waals surface area contributed by atoms with Crippen LogP contribution in [0.5, 0.6) is 0 Å². The van der Waals surface area contributed by atoms with Crippen LogP contribution in [0.25, 0.3) is 0 Å². The van der Waals surface area contributed by atoms with Gasteiger partial charge in [0.15, 0.2) is 5.16 Å². The number of piperidine rings is 1. The van der Waals surface area contributed by atoms with Crippen molar-refractivity contribution in [3.63, 3.8) is 0 Å². The molecule has 7 nitrogen and oxygen atoms in total. The summed E-state index contributed by atoms with van der Waals surface area (Å²) in [4.78, 5) is 38.7. The molecule has 0 radical (unpaired) electrons. The van der Waals surface area contributed by atoms with Gasteiger partial charge in [0.2, 0.25) is 0 Å². The smallest absolute Gasteiger partial charge is 0.310 e. The second-order valence-corrected chi connectivity index (χ2v) is 10.0. The van der Waals surface area contributed by atoms with Gasteiger partial charge in [0.05, 0.1) is 12.5 Å². The Hall–Kier alpha value is -2.61. The molecule has 1 fully saturated rings. The van der Waals surface area contributed by atoms with Gasteiger partial charge in [-0.25, -0.2) is 9.97 Å². The summed E-state index contributed by atoms with van der Waals surface area (Å²) in [6, 6.07) is 9.82. The van der Waals surface area contributed by atoms with E-state index in [1.165, 1.54) is 0 Å². The standard InChI is InChI=1S/C27H38N4O3S/c1-6-30(7-2)24-16-23(19(4)5)28-27(29-24)35-18-20-11-13-21(14-12-20)25(32)31-15-9-10-22(17-31)26(33)34-8-3/h11-14,16,19,22H,6-10,15,17-18H2,1-5H3. The van der Waals surface area contributed by atoms with E-state index in [2.05, 4.69) is 38.7 Å². The average Bonchev–Trinajstić information content (AvgIpc) is 2.88. The van der Waals surface area contributed by atoms with Gasteiger partial charge in [-0.05, 0) is 57.2 Å². The molecule has 0 N–H and O–H groups in total. The molecule has 3 rings (SSSR count). The number of hydrogen-bond acceptors (Lipinski definition) is 7. The van der Waals surface area contributed by atoms with Gasteiger partial charge in [-0.2, -0.15) is 0 Å². The number of amides is 1. The quantitative estimate of drug-likeness (QED) is 0.255. The van der Waals surface area contributed by atoms with Gasteiger partial charge < -0.3 is 14.5 Å². The highest BCUT2D eigenvalue weighted by Gasteiger charge is 2.29. The molecule has 0 saturated carbocycles. The van der Waals surface area contributed by atoms with Crippen LogP contribution in [-0.2, 0) is 15.3 Å². The number of carbonyl (C=O) groups excluding carboxylic acids is 2. The number of aromatic nitrogens is 2. The number of likely N-dealkylation sites (tertiary alicyclic amines) is 1. The first kappa shape index (κ1) is 27.0. The summed E-state index contributed by atoms with van der Waals surface area (Å²) >= 11 is 1.61. The summed E-state index contributed by atoms with van der Waals surface area (Å²) < 4.78 is 5.16. The Bertz CT molecular complexity index is 992. The Kier molecular flexibility index (Phi) is 9.95. The summed E-state index contributed by atoms with van der Waals surface area (Å²) in [5.74, 6) is 1.56. The zero-order valence-corrected chi connectivity index (χ0v) is 22.4. The summed E-state index contributed by atoms with van der Waals surface area (Å²) in [6.07, 6.45) is 1.59. The maximum absolute atomic E-state index is 13.0. The Balaban J connectivity index is 1.64. The van der Waals surface area contributed by atoms with Crippen molar-refractivity contribution in [1.29, 1.82) is 0 Å². The van der Waals surface area contributed by atoms with E-state index in [1.807, 2.05) is 24.3 Å². The first-order chi connectivity index (χ1) is 16.9. The molecule has 0 bridgehead atoms. The third-order valence-corrected chi connectivity index (χ3v) is 7.21. The second kappa shape index (κ2) is 12.9. The van der Waals surface area contributed by atoms with Crippen molar-refractivity contribution in [2.45, 2.75) is 64.3 Å². The van der Waals surface area contributed by atoms with Crippen molar-refractivity contribution >= 4 is 29.5 Å². The number of thioether (sulfide) groups is 1. The molecule has 1 aliphatic heterocycles. The van der Waals surface area contributed by atoms with Crippen LogP contribution in [0.1, 0.15) is 75.0 Å².